The highest BCUT2D eigenvalue weighted by Crippen LogP contribution is 2.21. The maximum Gasteiger partial charge on any atom is 0.119 e. The van der Waals surface area contributed by atoms with Gasteiger partial charge in [-0.05, 0) is 53.2 Å². The van der Waals surface area contributed by atoms with Gasteiger partial charge in [-0.2, -0.15) is 0 Å². The van der Waals surface area contributed by atoms with Crippen LogP contribution in [0.15, 0.2) is 90.2 Å². The van der Waals surface area contributed by atoms with Crippen molar-refractivity contribution < 1.29 is 4.74 Å². The van der Waals surface area contributed by atoms with Gasteiger partial charge < -0.3 is 9.30 Å². The van der Waals surface area contributed by atoms with Crippen molar-refractivity contribution in [2.24, 2.45) is 4.99 Å². The molecule has 1 aromatic heterocycles. The minimum atomic E-state index is 0.856. The van der Waals surface area contributed by atoms with Crippen LogP contribution in [0, 0.1) is 0 Å². The molecule has 0 aliphatic heterocycles. The van der Waals surface area contributed by atoms with E-state index in [9.17, 15) is 0 Å². The zero-order valence-electron chi connectivity index (χ0n) is 14.0. The average molecular weight is 326 g/mol. The van der Waals surface area contributed by atoms with Crippen LogP contribution in [0.4, 0.5) is 5.69 Å². The molecule has 0 atom stereocenters. The first-order valence-electron chi connectivity index (χ1n) is 8.17. The van der Waals surface area contributed by atoms with Crippen molar-refractivity contribution in [3.63, 3.8) is 0 Å². The topological polar surface area (TPSA) is 26.5 Å². The number of benzene rings is 3. The number of hydrogen-bond donors (Lipinski definition) is 0. The van der Waals surface area contributed by atoms with Crippen molar-refractivity contribution in [1.29, 1.82) is 0 Å². The largest absolute Gasteiger partial charge is 0.497 e. The van der Waals surface area contributed by atoms with Gasteiger partial charge in [0.15, 0.2) is 0 Å². The number of hydrogen-bond acceptors (Lipinski definition) is 2. The van der Waals surface area contributed by atoms with Crippen LogP contribution in [0.25, 0.3) is 16.5 Å². The van der Waals surface area contributed by atoms with Crippen molar-refractivity contribution in [2.75, 3.05) is 7.11 Å². The highest BCUT2D eigenvalue weighted by molar-refractivity contribution is 5.87. The lowest BCUT2D eigenvalue weighted by Crippen LogP contribution is -1.90. The van der Waals surface area contributed by atoms with Crippen LogP contribution >= 0.6 is 0 Å². The fourth-order valence-electron chi connectivity index (χ4n) is 2.81. The van der Waals surface area contributed by atoms with E-state index in [1.807, 2.05) is 54.9 Å². The summed E-state index contributed by atoms with van der Waals surface area (Å²) in [5.41, 5.74) is 3.10. The van der Waals surface area contributed by atoms with Gasteiger partial charge in [0.05, 0.1) is 12.8 Å². The predicted molar refractivity (Wildman–Crippen MR) is 104 cm³/mol. The standard InChI is InChI=1S/C22H18N2O/c1-25-22-10-8-21(9-11-22)24-13-12-17(16-24)15-23-20-7-6-18-4-2-3-5-19(18)14-20/h2-16H,1H3. The molecular weight excluding hydrogens is 308 g/mol. The highest BCUT2D eigenvalue weighted by Gasteiger charge is 1.99. The number of ether oxygens (including phenoxy) is 1. The van der Waals surface area contributed by atoms with E-state index in [1.54, 1.807) is 7.11 Å². The third-order valence-electron chi connectivity index (χ3n) is 4.18. The second-order valence-corrected chi connectivity index (χ2v) is 5.84. The zero-order valence-corrected chi connectivity index (χ0v) is 14.0. The van der Waals surface area contributed by atoms with Crippen LogP contribution in [0.2, 0.25) is 0 Å². The molecule has 0 bridgehead atoms. The summed E-state index contributed by atoms with van der Waals surface area (Å²) in [5, 5.41) is 2.43. The molecule has 4 rings (SSSR count). The highest BCUT2D eigenvalue weighted by atomic mass is 16.5. The molecule has 0 saturated carbocycles. The van der Waals surface area contributed by atoms with Crippen LogP contribution in [-0.4, -0.2) is 17.9 Å². The molecule has 3 aromatic carbocycles. The van der Waals surface area contributed by atoms with Crippen molar-refractivity contribution in [3.8, 4) is 11.4 Å². The molecule has 0 aliphatic rings. The molecule has 0 aliphatic carbocycles. The van der Waals surface area contributed by atoms with Crippen LogP contribution in [0.3, 0.4) is 0 Å². The first-order valence-corrected chi connectivity index (χ1v) is 8.17. The Morgan fingerprint density at radius 2 is 1.68 bits per heavy atom. The van der Waals surface area contributed by atoms with Gasteiger partial charge in [0.2, 0.25) is 0 Å². The number of methoxy groups -OCH3 is 1. The minimum absolute atomic E-state index is 0.856. The summed E-state index contributed by atoms with van der Waals surface area (Å²) >= 11 is 0. The van der Waals surface area contributed by atoms with Crippen LogP contribution in [0.1, 0.15) is 5.56 Å². The smallest absolute Gasteiger partial charge is 0.119 e. The Morgan fingerprint density at radius 3 is 2.48 bits per heavy atom. The van der Waals surface area contributed by atoms with Gasteiger partial charge in [-0.25, -0.2) is 0 Å². The first-order chi connectivity index (χ1) is 12.3. The molecule has 3 nitrogen and oxygen atoms in total. The molecule has 4 aromatic rings. The lowest BCUT2D eigenvalue weighted by molar-refractivity contribution is 0.415. The molecular formula is C22H18N2O. The minimum Gasteiger partial charge on any atom is -0.497 e. The zero-order chi connectivity index (χ0) is 17.1. The van der Waals surface area contributed by atoms with E-state index in [0.29, 0.717) is 0 Å². The van der Waals surface area contributed by atoms with Crippen molar-refractivity contribution in [3.05, 3.63) is 90.8 Å². The molecule has 0 spiro atoms. The summed E-state index contributed by atoms with van der Waals surface area (Å²) in [6.07, 6.45) is 5.99. The van der Waals surface area contributed by atoms with E-state index in [0.717, 1.165) is 22.7 Å². The van der Waals surface area contributed by atoms with Crippen LogP contribution < -0.4 is 4.74 Å². The van der Waals surface area contributed by atoms with Gasteiger partial charge in [0.25, 0.3) is 0 Å². The maximum absolute atomic E-state index is 5.20. The fourth-order valence-corrected chi connectivity index (χ4v) is 2.81. The third-order valence-corrected chi connectivity index (χ3v) is 4.18. The van der Waals surface area contributed by atoms with E-state index in [4.69, 9.17) is 4.74 Å². The quantitative estimate of drug-likeness (QED) is 0.462. The maximum atomic E-state index is 5.20. The van der Waals surface area contributed by atoms with Gasteiger partial charge in [-0.3, -0.25) is 4.99 Å². The van der Waals surface area contributed by atoms with E-state index in [-0.39, 0.29) is 0 Å². The van der Waals surface area contributed by atoms with Gasteiger partial charge in [-0.1, -0.05) is 30.3 Å². The van der Waals surface area contributed by atoms with E-state index in [2.05, 4.69) is 46.1 Å². The number of nitrogens with zero attached hydrogens (tertiary/aromatic N) is 2. The number of aliphatic imine (C=N–C) groups is 1. The summed E-state index contributed by atoms with van der Waals surface area (Å²) in [6.45, 7) is 0. The van der Waals surface area contributed by atoms with E-state index in [1.165, 1.54) is 10.8 Å². The van der Waals surface area contributed by atoms with Gasteiger partial charge >= 0.3 is 0 Å². The lowest BCUT2D eigenvalue weighted by Gasteiger charge is -2.04. The summed E-state index contributed by atoms with van der Waals surface area (Å²) in [6, 6.07) is 24.6. The fraction of sp³-hybridized carbons (Fsp3) is 0.0455. The molecule has 0 unspecified atom stereocenters. The molecule has 0 saturated heterocycles. The average Bonchev–Trinajstić information content (AvgIpc) is 3.15. The molecule has 0 fully saturated rings. The molecule has 25 heavy (non-hydrogen) atoms. The van der Waals surface area contributed by atoms with Gasteiger partial charge in [-0.15, -0.1) is 0 Å². The number of fused-ring (bicyclic) bond motifs is 1. The third kappa shape index (κ3) is 3.31. The Bertz CT molecular complexity index is 1030. The summed E-state index contributed by atoms with van der Waals surface area (Å²) in [4.78, 5) is 4.60. The van der Waals surface area contributed by atoms with Crippen molar-refractivity contribution in [1.82, 2.24) is 4.57 Å². The molecule has 3 heteroatoms. The molecule has 122 valence electrons. The van der Waals surface area contributed by atoms with E-state index < -0.39 is 0 Å². The Morgan fingerprint density at radius 1 is 0.880 bits per heavy atom. The van der Waals surface area contributed by atoms with Crippen LogP contribution in [-0.2, 0) is 0 Å². The summed E-state index contributed by atoms with van der Waals surface area (Å²) < 4.78 is 7.27. The molecule has 0 amide bonds. The molecule has 1 heterocycles. The second-order valence-electron chi connectivity index (χ2n) is 5.84. The Hall–Kier alpha value is -3.33. The molecule has 0 radical (unpaired) electrons. The predicted octanol–water partition coefficient (Wildman–Crippen LogP) is 5.39. The Kier molecular flexibility index (Phi) is 4.05. The lowest BCUT2D eigenvalue weighted by atomic mass is 10.1. The number of rotatable bonds is 4. The SMILES string of the molecule is COc1ccc(-n2ccc(C=Nc3ccc4ccccc4c3)c2)cc1. The van der Waals surface area contributed by atoms with Crippen molar-refractivity contribution in [2.45, 2.75) is 0 Å². The Balaban J connectivity index is 1.55. The summed E-state index contributed by atoms with van der Waals surface area (Å²) in [5.74, 6) is 0.856. The van der Waals surface area contributed by atoms with Gasteiger partial charge in [0, 0.05) is 29.9 Å². The number of aromatic nitrogens is 1. The molecule has 0 N–H and O–H groups in total. The Labute approximate surface area is 146 Å². The van der Waals surface area contributed by atoms with Crippen LogP contribution in [0.5, 0.6) is 5.75 Å². The van der Waals surface area contributed by atoms with E-state index >= 15 is 0 Å². The van der Waals surface area contributed by atoms with Crippen molar-refractivity contribution >= 4 is 22.7 Å². The summed E-state index contributed by atoms with van der Waals surface area (Å²) in [7, 11) is 1.67. The second kappa shape index (κ2) is 6.65. The first kappa shape index (κ1) is 15.2. The normalized spacial score (nSPS) is 11.2. The van der Waals surface area contributed by atoms with Gasteiger partial charge in [0.1, 0.15) is 5.75 Å². The monoisotopic (exact) mass is 326 g/mol.